The highest BCUT2D eigenvalue weighted by Gasteiger charge is 2.13. The Kier molecular flexibility index (Phi) is 2.51. The molecule has 0 aliphatic carbocycles. The van der Waals surface area contributed by atoms with E-state index in [2.05, 4.69) is 10.1 Å². The highest BCUT2D eigenvalue weighted by Crippen LogP contribution is 2.17. The summed E-state index contributed by atoms with van der Waals surface area (Å²) in [6.45, 7) is 1.96. The van der Waals surface area contributed by atoms with Gasteiger partial charge in [-0.3, -0.25) is 9.67 Å². The van der Waals surface area contributed by atoms with Crippen LogP contribution in [0, 0.1) is 6.92 Å². The molecule has 0 aromatic carbocycles. The number of hydrogen-bond acceptors (Lipinski definition) is 3. The Morgan fingerprint density at radius 1 is 1.27 bits per heavy atom. The molecular formula is C11H13N3O. The maximum atomic E-state index is 9.96. The fourth-order valence-electron chi connectivity index (χ4n) is 1.37. The van der Waals surface area contributed by atoms with Gasteiger partial charge in [0.25, 0.3) is 0 Å². The number of aliphatic hydroxyl groups is 1. The maximum Gasteiger partial charge on any atom is 0.140 e. The van der Waals surface area contributed by atoms with Crippen LogP contribution in [0.4, 0.5) is 0 Å². The van der Waals surface area contributed by atoms with Gasteiger partial charge in [-0.25, -0.2) is 0 Å². The first-order valence-corrected chi connectivity index (χ1v) is 4.77. The van der Waals surface area contributed by atoms with E-state index in [1.54, 1.807) is 23.1 Å². The Balaban J connectivity index is 2.28. The van der Waals surface area contributed by atoms with Gasteiger partial charge in [0.1, 0.15) is 6.10 Å². The molecule has 0 amide bonds. The summed E-state index contributed by atoms with van der Waals surface area (Å²) in [5, 5.41) is 14.1. The van der Waals surface area contributed by atoms with Crippen LogP contribution in [0.2, 0.25) is 0 Å². The van der Waals surface area contributed by atoms with E-state index in [1.165, 1.54) is 0 Å². The van der Waals surface area contributed by atoms with Crippen LogP contribution >= 0.6 is 0 Å². The Morgan fingerprint density at radius 2 is 2.07 bits per heavy atom. The molecule has 78 valence electrons. The van der Waals surface area contributed by atoms with Gasteiger partial charge in [0, 0.05) is 19.4 Å². The van der Waals surface area contributed by atoms with Crippen molar-refractivity contribution < 1.29 is 5.11 Å². The molecule has 1 N–H and O–H groups in total. The highest BCUT2D eigenvalue weighted by molar-refractivity contribution is 5.20. The number of aliphatic hydroxyl groups excluding tert-OH is 1. The molecule has 0 saturated heterocycles. The molecule has 2 aromatic rings. The maximum absolute atomic E-state index is 9.96. The molecule has 15 heavy (non-hydrogen) atoms. The van der Waals surface area contributed by atoms with Crippen molar-refractivity contribution in [2.24, 2.45) is 7.05 Å². The normalized spacial score (nSPS) is 12.7. The lowest BCUT2D eigenvalue weighted by Gasteiger charge is -2.06. The molecule has 0 aliphatic rings. The van der Waals surface area contributed by atoms with Crippen LogP contribution in [-0.4, -0.2) is 19.9 Å². The fourth-order valence-corrected chi connectivity index (χ4v) is 1.37. The molecule has 1 atom stereocenters. The fraction of sp³-hybridized carbons (Fsp3) is 0.273. The summed E-state index contributed by atoms with van der Waals surface area (Å²) in [6, 6.07) is 5.52. The lowest BCUT2D eigenvalue weighted by atomic mass is 10.1. The highest BCUT2D eigenvalue weighted by atomic mass is 16.3. The second kappa shape index (κ2) is 3.82. The number of rotatable bonds is 2. The van der Waals surface area contributed by atoms with Crippen molar-refractivity contribution in [3.63, 3.8) is 0 Å². The summed E-state index contributed by atoms with van der Waals surface area (Å²) in [7, 11) is 1.82. The van der Waals surface area contributed by atoms with Gasteiger partial charge in [-0.1, -0.05) is 6.07 Å². The SMILES string of the molecule is Cc1ccc(C(O)c2ccn(C)n2)nc1. The molecule has 2 aromatic heterocycles. The number of aromatic nitrogens is 3. The summed E-state index contributed by atoms with van der Waals surface area (Å²) in [5.74, 6) is 0. The van der Waals surface area contributed by atoms with Gasteiger partial charge < -0.3 is 5.11 Å². The van der Waals surface area contributed by atoms with Crippen LogP contribution in [0.5, 0.6) is 0 Å². The first-order valence-electron chi connectivity index (χ1n) is 4.77. The molecule has 0 fully saturated rings. The third kappa shape index (κ3) is 2.05. The van der Waals surface area contributed by atoms with Crippen LogP contribution in [0.1, 0.15) is 23.1 Å². The second-order valence-electron chi connectivity index (χ2n) is 3.58. The number of pyridine rings is 1. The van der Waals surface area contributed by atoms with E-state index in [0.717, 1.165) is 5.56 Å². The Bertz CT molecular complexity index is 447. The molecule has 0 radical (unpaired) electrons. The van der Waals surface area contributed by atoms with Crippen LogP contribution in [0.15, 0.2) is 30.6 Å². The van der Waals surface area contributed by atoms with Crippen LogP contribution < -0.4 is 0 Å². The summed E-state index contributed by atoms with van der Waals surface area (Å²) < 4.78 is 1.66. The molecular weight excluding hydrogens is 190 g/mol. The van der Waals surface area contributed by atoms with E-state index in [-0.39, 0.29) is 0 Å². The minimum absolute atomic E-state index is 0.619. The van der Waals surface area contributed by atoms with Crippen LogP contribution in [-0.2, 0) is 7.05 Å². The van der Waals surface area contributed by atoms with Crippen molar-refractivity contribution >= 4 is 0 Å². The zero-order valence-electron chi connectivity index (χ0n) is 8.75. The number of aryl methyl sites for hydroxylation is 2. The first kappa shape index (κ1) is 9.86. The van der Waals surface area contributed by atoms with Crippen molar-refractivity contribution in [2.75, 3.05) is 0 Å². The quantitative estimate of drug-likeness (QED) is 0.798. The average molecular weight is 203 g/mol. The van der Waals surface area contributed by atoms with Crippen LogP contribution in [0.25, 0.3) is 0 Å². The molecule has 1 unspecified atom stereocenters. The van der Waals surface area contributed by atoms with Gasteiger partial charge in [-0.05, 0) is 24.6 Å². The van der Waals surface area contributed by atoms with Crippen molar-refractivity contribution in [3.8, 4) is 0 Å². The summed E-state index contributed by atoms with van der Waals surface area (Å²) in [6.07, 6.45) is 2.79. The van der Waals surface area contributed by atoms with E-state index in [9.17, 15) is 5.11 Å². The van der Waals surface area contributed by atoms with Gasteiger partial charge in [-0.15, -0.1) is 0 Å². The molecule has 2 heterocycles. The van der Waals surface area contributed by atoms with Crippen molar-refractivity contribution in [1.82, 2.24) is 14.8 Å². The number of hydrogen-bond donors (Lipinski definition) is 1. The van der Waals surface area contributed by atoms with Gasteiger partial charge in [0.15, 0.2) is 0 Å². The summed E-state index contributed by atoms with van der Waals surface area (Å²) in [4.78, 5) is 4.16. The standard InChI is InChI=1S/C11H13N3O/c1-8-3-4-9(12-7-8)11(15)10-5-6-14(2)13-10/h3-7,11,15H,1-2H3. The van der Waals surface area contributed by atoms with E-state index in [1.807, 2.05) is 26.1 Å². The Hall–Kier alpha value is -1.68. The van der Waals surface area contributed by atoms with Gasteiger partial charge in [0.05, 0.1) is 11.4 Å². The summed E-state index contributed by atoms with van der Waals surface area (Å²) >= 11 is 0. The molecule has 0 saturated carbocycles. The van der Waals surface area contributed by atoms with Crippen molar-refractivity contribution in [1.29, 1.82) is 0 Å². The Morgan fingerprint density at radius 3 is 2.60 bits per heavy atom. The smallest absolute Gasteiger partial charge is 0.140 e. The third-order valence-electron chi connectivity index (χ3n) is 2.23. The lowest BCUT2D eigenvalue weighted by Crippen LogP contribution is -2.03. The first-order chi connectivity index (χ1) is 7.16. The van der Waals surface area contributed by atoms with E-state index in [4.69, 9.17) is 0 Å². The minimum atomic E-state index is -0.744. The zero-order valence-corrected chi connectivity index (χ0v) is 8.75. The van der Waals surface area contributed by atoms with E-state index < -0.39 is 6.10 Å². The minimum Gasteiger partial charge on any atom is -0.380 e. The predicted molar refractivity (Wildman–Crippen MR) is 56.2 cm³/mol. The zero-order chi connectivity index (χ0) is 10.8. The molecule has 4 heteroatoms. The molecule has 0 spiro atoms. The van der Waals surface area contributed by atoms with E-state index >= 15 is 0 Å². The van der Waals surface area contributed by atoms with Crippen molar-refractivity contribution in [3.05, 3.63) is 47.5 Å². The topological polar surface area (TPSA) is 50.9 Å². The summed E-state index contributed by atoms with van der Waals surface area (Å²) in [5.41, 5.74) is 2.32. The monoisotopic (exact) mass is 203 g/mol. The molecule has 4 nitrogen and oxygen atoms in total. The van der Waals surface area contributed by atoms with E-state index in [0.29, 0.717) is 11.4 Å². The Labute approximate surface area is 88.2 Å². The third-order valence-corrected chi connectivity index (χ3v) is 2.23. The molecule has 2 rings (SSSR count). The predicted octanol–water partition coefficient (Wildman–Crippen LogP) is 1.21. The molecule has 0 bridgehead atoms. The lowest BCUT2D eigenvalue weighted by molar-refractivity contribution is 0.209. The molecule has 0 aliphatic heterocycles. The second-order valence-corrected chi connectivity index (χ2v) is 3.58. The average Bonchev–Trinajstić information content (AvgIpc) is 2.65. The van der Waals surface area contributed by atoms with Crippen LogP contribution in [0.3, 0.4) is 0 Å². The van der Waals surface area contributed by atoms with Gasteiger partial charge in [0.2, 0.25) is 0 Å². The van der Waals surface area contributed by atoms with Crippen molar-refractivity contribution in [2.45, 2.75) is 13.0 Å². The van der Waals surface area contributed by atoms with Gasteiger partial charge in [-0.2, -0.15) is 5.10 Å². The number of nitrogens with zero attached hydrogens (tertiary/aromatic N) is 3. The van der Waals surface area contributed by atoms with Gasteiger partial charge >= 0.3 is 0 Å². The largest absolute Gasteiger partial charge is 0.380 e.